The largest absolute Gasteiger partial charge is 0.497 e. The number of nitrogens with zero attached hydrogens (tertiary/aromatic N) is 1. The summed E-state index contributed by atoms with van der Waals surface area (Å²) >= 11 is 0. The highest BCUT2D eigenvalue weighted by molar-refractivity contribution is 5.99. The van der Waals surface area contributed by atoms with E-state index in [9.17, 15) is 19.5 Å². The number of benzene rings is 2. The smallest absolute Gasteiger partial charge is 0.408 e. The molecule has 3 N–H and O–H groups in total. The van der Waals surface area contributed by atoms with Crippen LogP contribution in [0.5, 0.6) is 5.75 Å². The van der Waals surface area contributed by atoms with Crippen LogP contribution in [0.4, 0.5) is 10.5 Å². The fourth-order valence-electron chi connectivity index (χ4n) is 3.92. The van der Waals surface area contributed by atoms with Crippen LogP contribution >= 0.6 is 0 Å². The minimum Gasteiger partial charge on any atom is -0.497 e. The predicted molar refractivity (Wildman–Crippen MR) is 147 cm³/mol. The third-order valence-corrected chi connectivity index (χ3v) is 6.27. The molecule has 0 spiro atoms. The SMILES string of the molecule is CCC(C)(C)N(C(=O)C(CO)NC(=O)OC(C)(C)C)C(C(=O)Nc1ccc(OC)cc1)c1ccccc1C. The monoisotopic (exact) mass is 527 g/mol. The van der Waals surface area contributed by atoms with Crippen LogP contribution in [0.25, 0.3) is 0 Å². The Balaban J connectivity index is 2.57. The molecule has 0 saturated carbocycles. The molecule has 0 fully saturated rings. The second-order valence-corrected chi connectivity index (χ2v) is 10.7. The van der Waals surface area contributed by atoms with Gasteiger partial charge in [0.1, 0.15) is 23.4 Å². The van der Waals surface area contributed by atoms with E-state index in [1.807, 2.05) is 39.8 Å². The molecular formula is C29H41N3O6. The average Bonchev–Trinajstić information content (AvgIpc) is 2.85. The molecule has 0 saturated heterocycles. The fraction of sp³-hybridized carbons (Fsp3) is 0.483. The van der Waals surface area contributed by atoms with Crippen molar-refractivity contribution in [2.45, 2.75) is 78.1 Å². The summed E-state index contributed by atoms with van der Waals surface area (Å²) in [5, 5.41) is 15.5. The zero-order valence-corrected chi connectivity index (χ0v) is 23.6. The number of alkyl carbamates (subject to hydrolysis) is 1. The van der Waals surface area contributed by atoms with E-state index in [-0.39, 0.29) is 0 Å². The summed E-state index contributed by atoms with van der Waals surface area (Å²) in [6.07, 6.45) is -0.337. The van der Waals surface area contributed by atoms with E-state index >= 15 is 0 Å². The number of ether oxygens (including phenoxy) is 2. The highest BCUT2D eigenvalue weighted by Crippen LogP contribution is 2.34. The van der Waals surface area contributed by atoms with Crippen molar-refractivity contribution >= 4 is 23.6 Å². The molecule has 2 aromatic rings. The Hall–Kier alpha value is -3.59. The van der Waals surface area contributed by atoms with Gasteiger partial charge < -0.3 is 30.1 Å². The molecule has 2 atom stereocenters. The Labute approximate surface area is 225 Å². The molecule has 2 rings (SSSR count). The van der Waals surface area contributed by atoms with E-state index in [4.69, 9.17) is 9.47 Å². The summed E-state index contributed by atoms with van der Waals surface area (Å²) in [5.74, 6) is -0.405. The first kappa shape index (κ1) is 30.6. The average molecular weight is 528 g/mol. The summed E-state index contributed by atoms with van der Waals surface area (Å²) in [6, 6.07) is 11.8. The van der Waals surface area contributed by atoms with E-state index in [1.54, 1.807) is 64.3 Å². The van der Waals surface area contributed by atoms with E-state index in [2.05, 4.69) is 10.6 Å². The van der Waals surface area contributed by atoms with Gasteiger partial charge in [-0.25, -0.2) is 4.79 Å². The third-order valence-electron chi connectivity index (χ3n) is 6.27. The van der Waals surface area contributed by atoms with Crippen LogP contribution in [-0.2, 0) is 14.3 Å². The Morgan fingerprint density at radius 3 is 2.11 bits per heavy atom. The number of aliphatic hydroxyl groups is 1. The van der Waals surface area contributed by atoms with Crippen LogP contribution in [0.2, 0.25) is 0 Å². The molecule has 208 valence electrons. The predicted octanol–water partition coefficient (Wildman–Crippen LogP) is 4.59. The number of nitrogens with one attached hydrogen (secondary N) is 2. The Morgan fingerprint density at radius 2 is 1.61 bits per heavy atom. The van der Waals surface area contributed by atoms with E-state index < -0.39 is 47.7 Å². The quantitative estimate of drug-likeness (QED) is 0.416. The third kappa shape index (κ3) is 7.95. The molecule has 0 bridgehead atoms. The topological polar surface area (TPSA) is 117 Å². The van der Waals surface area contributed by atoms with Gasteiger partial charge in [0.15, 0.2) is 0 Å². The molecule has 9 nitrogen and oxygen atoms in total. The lowest BCUT2D eigenvalue weighted by molar-refractivity contribution is -0.148. The van der Waals surface area contributed by atoms with Gasteiger partial charge in [0, 0.05) is 11.2 Å². The van der Waals surface area contributed by atoms with Crippen LogP contribution in [0, 0.1) is 6.92 Å². The molecule has 0 radical (unpaired) electrons. The maximum atomic E-state index is 14.0. The molecule has 0 aromatic heterocycles. The van der Waals surface area contributed by atoms with Crippen LogP contribution in [0.1, 0.15) is 65.1 Å². The standard InChI is InChI=1S/C29H41N3O6/c1-9-29(6,7)32(26(35)23(18-33)31-27(36)38-28(3,4)5)24(22-13-11-10-12-19(22)2)25(34)30-20-14-16-21(37-8)17-15-20/h10-17,23-24,33H,9,18H2,1-8H3,(H,30,34)(H,31,36). The molecule has 3 amide bonds. The number of amides is 3. The Bertz CT molecular complexity index is 1110. The van der Waals surface area contributed by atoms with Crippen molar-refractivity contribution in [3.05, 3.63) is 59.7 Å². The van der Waals surface area contributed by atoms with Crippen molar-refractivity contribution < 1.29 is 29.0 Å². The fourth-order valence-corrected chi connectivity index (χ4v) is 3.92. The maximum Gasteiger partial charge on any atom is 0.408 e. The van der Waals surface area contributed by atoms with Crippen molar-refractivity contribution in [3.63, 3.8) is 0 Å². The minimum atomic E-state index is -1.32. The maximum absolute atomic E-state index is 14.0. The van der Waals surface area contributed by atoms with Gasteiger partial charge in [-0.05, 0) is 83.4 Å². The van der Waals surface area contributed by atoms with E-state index in [1.165, 1.54) is 4.90 Å². The second kappa shape index (κ2) is 12.8. The zero-order chi connectivity index (χ0) is 28.7. The molecule has 2 unspecified atom stereocenters. The highest BCUT2D eigenvalue weighted by atomic mass is 16.6. The van der Waals surface area contributed by atoms with Crippen molar-refractivity contribution in [3.8, 4) is 5.75 Å². The first-order valence-corrected chi connectivity index (χ1v) is 12.7. The van der Waals surface area contributed by atoms with Gasteiger partial charge >= 0.3 is 6.09 Å². The molecule has 0 aliphatic rings. The number of carbonyl (C=O) groups is 3. The number of aliphatic hydroxyl groups excluding tert-OH is 1. The van der Waals surface area contributed by atoms with Crippen molar-refractivity contribution in [1.82, 2.24) is 10.2 Å². The van der Waals surface area contributed by atoms with Gasteiger partial charge in [0.05, 0.1) is 13.7 Å². The van der Waals surface area contributed by atoms with Crippen LogP contribution in [0.3, 0.4) is 0 Å². The van der Waals surface area contributed by atoms with Gasteiger partial charge in [-0.2, -0.15) is 0 Å². The molecule has 2 aromatic carbocycles. The van der Waals surface area contributed by atoms with Crippen molar-refractivity contribution in [2.24, 2.45) is 0 Å². The molecule has 9 heteroatoms. The van der Waals surface area contributed by atoms with Gasteiger partial charge in [-0.1, -0.05) is 31.2 Å². The zero-order valence-electron chi connectivity index (χ0n) is 23.6. The Kier molecular flexibility index (Phi) is 10.3. The molecule has 38 heavy (non-hydrogen) atoms. The number of aryl methyl sites for hydroxylation is 1. The summed E-state index contributed by atoms with van der Waals surface area (Å²) < 4.78 is 10.5. The first-order valence-electron chi connectivity index (χ1n) is 12.7. The van der Waals surface area contributed by atoms with Gasteiger partial charge in [-0.15, -0.1) is 0 Å². The minimum absolute atomic E-state index is 0.437. The highest BCUT2D eigenvalue weighted by Gasteiger charge is 2.43. The van der Waals surface area contributed by atoms with Gasteiger partial charge in [-0.3, -0.25) is 9.59 Å². The van der Waals surface area contributed by atoms with Gasteiger partial charge in [0.25, 0.3) is 5.91 Å². The number of carbonyl (C=O) groups excluding carboxylic acids is 3. The lowest BCUT2D eigenvalue weighted by atomic mass is 9.90. The summed E-state index contributed by atoms with van der Waals surface area (Å²) in [4.78, 5) is 41.9. The van der Waals surface area contributed by atoms with Crippen LogP contribution in [-0.4, -0.2) is 58.8 Å². The molecule has 0 aliphatic carbocycles. The van der Waals surface area contributed by atoms with E-state index in [0.29, 0.717) is 23.4 Å². The molecular weight excluding hydrogens is 486 g/mol. The number of hydrogen-bond donors (Lipinski definition) is 3. The summed E-state index contributed by atoms with van der Waals surface area (Å²) in [7, 11) is 1.56. The Morgan fingerprint density at radius 1 is 1.00 bits per heavy atom. The van der Waals surface area contributed by atoms with E-state index in [0.717, 1.165) is 5.56 Å². The second-order valence-electron chi connectivity index (χ2n) is 10.7. The van der Waals surface area contributed by atoms with Crippen molar-refractivity contribution in [2.75, 3.05) is 19.0 Å². The summed E-state index contributed by atoms with van der Waals surface area (Å²) in [6.45, 7) is 11.9. The van der Waals surface area contributed by atoms with Crippen LogP contribution in [0.15, 0.2) is 48.5 Å². The lowest BCUT2D eigenvalue weighted by Crippen LogP contribution is -2.59. The lowest BCUT2D eigenvalue weighted by Gasteiger charge is -2.44. The number of hydrogen-bond acceptors (Lipinski definition) is 6. The number of anilines is 1. The first-order chi connectivity index (χ1) is 17.7. The van der Waals surface area contributed by atoms with Crippen LogP contribution < -0.4 is 15.4 Å². The molecule has 0 aliphatic heterocycles. The van der Waals surface area contributed by atoms with Crippen molar-refractivity contribution in [1.29, 1.82) is 0 Å². The number of rotatable bonds is 10. The normalized spacial score (nSPS) is 13.2. The molecule has 0 heterocycles. The summed E-state index contributed by atoms with van der Waals surface area (Å²) in [5.41, 5.74) is 0.346. The van der Waals surface area contributed by atoms with Gasteiger partial charge in [0.2, 0.25) is 5.91 Å². The number of methoxy groups -OCH3 is 1.